The summed E-state index contributed by atoms with van der Waals surface area (Å²) in [5.74, 6) is -0.562. The number of aliphatic hydroxyl groups excluding tert-OH is 2. The Balaban J connectivity index is 4.61. The van der Waals surface area contributed by atoms with E-state index in [9.17, 15) is 19.8 Å². The number of esters is 1. The summed E-state index contributed by atoms with van der Waals surface area (Å²) >= 11 is 0. The van der Waals surface area contributed by atoms with Gasteiger partial charge in [-0.25, -0.2) is 0 Å². The van der Waals surface area contributed by atoms with Gasteiger partial charge in [-0.15, -0.1) is 0 Å². The van der Waals surface area contributed by atoms with E-state index in [-0.39, 0.29) is 24.9 Å². The van der Waals surface area contributed by atoms with Gasteiger partial charge in [-0.1, -0.05) is 216 Å². The van der Waals surface area contributed by atoms with Gasteiger partial charge in [0.05, 0.1) is 25.2 Å². The molecule has 0 saturated carbocycles. The number of allylic oxidation sites excluding steroid dienone is 10. The second-order valence-electron chi connectivity index (χ2n) is 16.6. The summed E-state index contributed by atoms with van der Waals surface area (Å²) in [7, 11) is 0. The van der Waals surface area contributed by atoms with Crippen LogP contribution in [-0.4, -0.2) is 46.9 Å². The summed E-state index contributed by atoms with van der Waals surface area (Å²) in [6, 6.07) is -0.725. The van der Waals surface area contributed by atoms with E-state index >= 15 is 0 Å². The predicted molar refractivity (Wildman–Crippen MR) is 250 cm³/mol. The highest BCUT2D eigenvalue weighted by Gasteiger charge is 2.24. The first kappa shape index (κ1) is 55.6. The van der Waals surface area contributed by atoms with Crippen LogP contribution < -0.4 is 5.32 Å². The Hall–Kier alpha value is -2.44. The Bertz CT molecular complexity index is 1050. The lowest BCUT2D eigenvalue weighted by Crippen LogP contribution is -2.46. The Morgan fingerprint density at radius 1 is 0.517 bits per heavy atom. The van der Waals surface area contributed by atoms with Gasteiger partial charge in [-0.2, -0.15) is 0 Å². The van der Waals surface area contributed by atoms with Crippen LogP contribution in [-0.2, 0) is 14.3 Å². The molecule has 6 heteroatoms. The van der Waals surface area contributed by atoms with E-state index in [1.807, 2.05) is 36.5 Å². The molecule has 0 saturated heterocycles. The van der Waals surface area contributed by atoms with Crippen molar-refractivity contribution in [1.29, 1.82) is 0 Å². The Labute approximate surface area is 358 Å². The van der Waals surface area contributed by atoms with Crippen LogP contribution in [0.4, 0.5) is 0 Å². The van der Waals surface area contributed by atoms with Crippen molar-refractivity contribution in [3.63, 3.8) is 0 Å². The molecule has 0 fully saturated rings. The number of hydrogen-bond acceptors (Lipinski definition) is 5. The highest BCUT2D eigenvalue weighted by atomic mass is 16.5. The molecular weight excluding hydrogens is 719 g/mol. The number of carbonyl (C=O) groups is 2. The fourth-order valence-electron chi connectivity index (χ4n) is 7.21. The van der Waals surface area contributed by atoms with Crippen LogP contribution in [0.3, 0.4) is 0 Å². The van der Waals surface area contributed by atoms with Gasteiger partial charge in [0.25, 0.3) is 0 Å². The lowest BCUT2D eigenvalue weighted by Gasteiger charge is -2.24. The number of nitrogens with one attached hydrogen (secondary N) is 1. The van der Waals surface area contributed by atoms with Crippen molar-refractivity contribution in [2.24, 2.45) is 0 Å². The predicted octanol–water partition coefficient (Wildman–Crippen LogP) is 14.5. The zero-order valence-corrected chi connectivity index (χ0v) is 38.2. The molecule has 0 spiro atoms. The van der Waals surface area contributed by atoms with E-state index in [2.05, 4.69) is 50.4 Å². The third-order valence-corrected chi connectivity index (χ3v) is 10.9. The van der Waals surface area contributed by atoms with Crippen LogP contribution in [0, 0.1) is 0 Å². The number of aliphatic hydroxyl groups is 2. The fourth-order valence-corrected chi connectivity index (χ4v) is 7.21. The topological polar surface area (TPSA) is 95.9 Å². The van der Waals surface area contributed by atoms with E-state index in [4.69, 9.17) is 4.74 Å². The van der Waals surface area contributed by atoms with Gasteiger partial charge in [-0.05, 0) is 64.2 Å². The fraction of sp³-hybridized carbons (Fsp3) is 0.769. The zero-order chi connectivity index (χ0) is 42.4. The van der Waals surface area contributed by atoms with Crippen molar-refractivity contribution in [2.75, 3.05) is 6.61 Å². The smallest absolute Gasteiger partial charge is 0.306 e. The third-order valence-electron chi connectivity index (χ3n) is 10.9. The van der Waals surface area contributed by atoms with E-state index in [0.29, 0.717) is 19.3 Å². The maximum atomic E-state index is 13.1. The van der Waals surface area contributed by atoms with Crippen molar-refractivity contribution in [1.82, 2.24) is 5.32 Å². The molecule has 0 radical (unpaired) electrons. The number of ether oxygens (including phenoxy) is 1. The normalized spacial score (nSPS) is 13.8. The maximum Gasteiger partial charge on any atom is 0.306 e. The first-order chi connectivity index (χ1) is 28.5. The van der Waals surface area contributed by atoms with Crippen LogP contribution in [0.15, 0.2) is 60.8 Å². The minimum Gasteiger partial charge on any atom is -0.462 e. The quantitative estimate of drug-likeness (QED) is 0.0247. The molecular formula is C52H93NO5. The molecule has 3 N–H and O–H groups in total. The first-order valence-corrected chi connectivity index (χ1v) is 24.6. The summed E-state index contributed by atoms with van der Waals surface area (Å²) in [6.07, 6.45) is 55.8. The summed E-state index contributed by atoms with van der Waals surface area (Å²) in [5.41, 5.74) is 0. The molecule has 0 bridgehead atoms. The standard InChI is InChI=1S/C52H93NO5/c1-4-7-10-13-16-19-22-24-25-27-29-32-35-38-41-44-50(55)49(47-54)53-51(56)46-48(43-40-37-34-31-28-21-18-15-12-9-6-3)58-52(57)45-42-39-36-33-30-26-23-20-17-14-11-8-5-2/h9,12,15,18,21,26,28,30-31,34,48-50,54-55H,4-8,10-11,13-14,16-17,19-20,22-25,27,29,32-33,35-47H2,1-3H3,(H,53,56)/b12-9+,18-15+,28-21-,30-26-,34-31-. The van der Waals surface area contributed by atoms with Gasteiger partial charge < -0.3 is 20.3 Å². The molecule has 6 nitrogen and oxygen atoms in total. The molecule has 3 atom stereocenters. The van der Waals surface area contributed by atoms with Gasteiger partial charge >= 0.3 is 5.97 Å². The molecule has 58 heavy (non-hydrogen) atoms. The molecule has 3 unspecified atom stereocenters. The average molecular weight is 812 g/mol. The molecule has 0 aliphatic rings. The molecule has 336 valence electrons. The molecule has 0 rings (SSSR count). The number of hydrogen-bond donors (Lipinski definition) is 3. The number of rotatable bonds is 43. The lowest BCUT2D eigenvalue weighted by atomic mass is 10.0. The van der Waals surface area contributed by atoms with Gasteiger partial charge in [0.1, 0.15) is 6.10 Å². The Morgan fingerprint density at radius 2 is 0.966 bits per heavy atom. The van der Waals surface area contributed by atoms with Crippen molar-refractivity contribution in [3.05, 3.63) is 60.8 Å². The lowest BCUT2D eigenvalue weighted by molar-refractivity contribution is -0.151. The van der Waals surface area contributed by atoms with Crippen molar-refractivity contribution >= 4 is 11.9 Å². The second kappa shape index (κ2) is 45.6. The molecule has 0 aromatic rings. The van der Waals surface area contributed by atoms with Crippen molar-refractivity contribution in [3.8, 4) is 0 Å². The zero-order valence-electron chi connectivity index (χ0n) is 38.2. The van der Waals surface area contributed by atoms with E-state index in [0.717, 1.165) is 70.6 Å². The number of unbranched alkanes of at least 4 members (excludes halogenated alkanes) is 24. The first-order valence-electron chi connectivity index (χ1n) is 24.6. The van der Waals surface area contributed by atoms with Crippen molar-refractivity contribution < 1.29 is 24.5 Å². The van der Waals surface area contributed by atoms with E-state index in [1.165, 1.54) is 116 Å². The van der Waals surface area contributed by atoms with Crippen LogP contribution >= 0.6 is 0 Å². The number of amides is 1. The molecule has 0 aromatic carbocycles. The minimum atomic E-state index is -0.807. The van der Waals surface area contributed by atoms with Gasteiger partial charge in [0, 0.05) is 6.42 Å². The van der Waals surface area contributed by atoms with E-state index < -0.39 is 18.2 Å². The third kappa shape index (κ3) is 40.3. The second-order valence-corrected chi connectivity index (χ2v) is 16.6. The van der Waals surface area contributed by atoms with Crippen LogP contribution in [0.5, 0.6) is 0 Å². The monoisotopic (exact) mass is 812 g/mol. The largest absolute Gasteiger partial charge is 0.462 e. The van der Waals surface area contributed by atoms with Crippen LogP contribution in [0.1, 0.15) is 233 Å². The minimum absolute atomic E-state index is 0.0248. The maximum absolute atomic E-state index is 13.1. The summed E-state index contributed by atoms with van der Waals surface area (Å²) in [6.45, 7) is 6.30. The molecule has 0 aliphatic heterocycles. The summed E-state index contributed by atoms with van der Waals surface area (Å²) in [5, 5.41) is 23.7. The highest BCUT2D eigenvalue weighted by Crippen LogP contribution is 2.17. The van der Waals surface area contributed by atoms with Gasteiger partial charge in [-0.3, -0.25) is 9.59 Å². The van der Waals surface area contributed by atoms with Gasteiger partial charge in [0.2, 0.25) is 5.91 Å². The van der Waals surface area contributed by atoms with E-state index in [1.54, 1.807) is 0 Å². The SMILES string of the molecule is CC/C=C/C=C/C=C\C=C/CCCC(CC(=O)NC(CO)C(O)CCCCCCCCCCCCCCCCC)OC(=O)CCCCC/C=C\CCCCCCCC. The van der Waals surface area contributed by atoms with Gasteiger partial charge in [0.15, 0.2) is 0 Å². The van der Waals surface area contributed by atoms with Crippen molar-refractivity contribution in [2.45, 2.75) is 251 Å². The summed E-state index contributed by atoms with van der Waals surface area (Å²) < 4.78 is 5.86. The van der Waals surface area contributed by atoms with Crippen LogP contribution in [0.2, 0.25) is 0 Å². The Kier molecular flexibility index (Phi) is 43.7. The highest BCUT2D eigenvalue weighted by molar-refractivity contribution is 5.77. The number of carbonyl (C=O) groups excluding carboxylic acids is 2. The molecule has 0 heterocycles. The average Bonchev–Trinajstić information content (AvgIpc) is 3.22. The Morgan fingerprint density at radius 3 is 1.48 bits per heavy atom. The molecule has 0 aromatic heterocycles. The summed E-state index contributed by atoms with van der Waals surface area (Å²) in [4.78, 5) is 26.0. The van der Waals surface area contributed by atoms with Crippen LogP contribution in [0.25, 0.3) is 0 Å². The molecule has 0 aliphatic carbocycles. The molecule has 1 amide bonds.